The van der Waals surface area contributed by atoms with E-state index in [4.69, 9.17) is 5.11 Å². The van der Waals surface area contributed by atoms with E-state index in [0.29, 0.717) is 0 Å². The highest BCUT2D eigenvalue weighted by atomic mass is 16.4. The number of pyridine rings is 2. The maximum absolute atomic E-state index is 11.9. The molecule has 0 bridgehead atoms. The Labute approximate surface area is 109 Å². The fraction of sp³-hybridized carbons (Fsp3) is 0.0769. The maximum Gasteiger partial charge on any atom is 0.335 e. The molecule has 1 amide bonds. The van der Waals surface area contributed by atoms with Gasteiger partial charge in [-0.2, -0.15) is 0 Å². The number of aryl methyl sites for hydroxylation is 1. The number of carbonyl (C=O) groups is 2. The second-order valence-electron chi connectivity index (χ2n) is 3.85. The standard InChI is InChI=1S/C13H11N3O3/c1-8-3-2-4-10(15-8)12(17)16-11-7-9(13(18)19)5-6-14-11/h2-7H,1H3,(H,18,19)(H,14,16,17). The lowest BCUT2D eigenvalue weighted by molar-refractivity contribution is 0.0696. The molecular weight excluding hydrogens is 246 g/mol. The summed E-state index contributed by atoms with van der Waals surface area (Å²) in [6.45, 7) is 1.78. The van der Waals surface area contributed by atoms with Gasteiger partial charge in [0.05, 0.1) is 5.56 Å². The lowest BCUT2D eigenvalue weighted by Gasteiger charge is -2.05. The highest BCUT2D eigenvalue weighted by Gasteiger charge is 2.10. The van der Waals surface area contributed by atoms with Crippen LogP contribution in [0.3, 0.4) is 0 Å². The molecule has 0 atom stereocenters. The maximum atomic E-state index is 11.9. The summed E-state index contributed by atoms with van der Waals surface area (Å²) >= 11 is 0. The van der Waals surface area contributed by atoms with E-state index in [1.165, 1.54) is 18.3 Å². The average Bonchev–Trinajstić information content (AvgIpc) is 2.39. The van der Waals surface area contributed by atoms with Gasteiger partial charge in [0, 0.05) is 11.9 Å². The first-order valence-corrected chi connectivity index (χ1v) is 5.50. The summed E-state index contributed by atoms with van der Waals surface area (Å²) in [7, 11) is 0. The van der Waals surface area contributed by atoms with Crippen molar-refractivity contribution >= 4 is 17.7 Å². The molecule has 0 fully saturated rings. The number of hydrogen-bond donors (Lipinski definition) is 2. The van der Waals surface area contributed by atoms with Crippen LogP contribution in [0.4, 0.5) is 5.82 Å². The minimum Gasteiger partial charge on any atom is -0.478 e. The minimum atomic E-state index is -1.08. The molecule has 2 aromatic rings. The number of carboxylic acids is 1. The molecule has 2 aromatic heterocycles. The number of aromatic nitrogens is 2. The highest BCUT2D eigenvalue weighted by molar-refractivity contribution is 6.02. The molecule has 0 radical (unpaired) electrons. The van der Waals surface area contributed by atoms with Gasteiger partial charge >= 0.3 is 5.97 Å². The van der Waals surface area contributed by atoms with Crippen molar-refractivity contribution in [2.24, 2.45) is 0 Å². The summed E-state index contributed by atoms with van der Waals surface area (Å²) in [6, 6.07) is 7.71. The third kappa shape index (κ3) is 3.12. The molecule has 0 aliphatic carbocycles. The lowest BCUT2D eigenvalue weighted by Crippen LogP contribution is -2.15. The molecule has 0 aromatic carbocycles. The number of nitrogens with zero attached hydrogens (tertiary/aromatic N) is 2. The Balaban J connectivity index is 2.19. The van der Waals surface area contributed by atoms with Crippen LogP contribution < -0.4 is 5.32 Å². The zero-order valence-electron chi connectivity index (χ0n) is 10.1. The molecule has 0 spiro atoms. The number of hydrogen-bond acceptors (Lipinski definition) is 4. The quantitative estimate of drug-likeness (QED) is 0.873. The van der Waals surface area contributed by atoms with Gasteiger partial charge in [0.15, 0.2) is 0 Å². The van der Waals surface area contributed by atoms with Crippen LogP contribution in [0.2, 0.25) is 0 Å². The van der Waals surface area contributed by atoms with Gasteiger partial charge in [-0.15, -0.1) is 0 Å². The summed E-state index contributed by atoms with van der Waals surface area (Å²) in [6.07, 6.45) is 1.32. The van der Waals surface area contributed by atoms with E-state index in [1.807, 2.05) is 0 Å². The molecule has 0 aliphatic rings. The number of carboxylic acid groups (broad SMARTS) is 1. The van der Waals surface area contributed by atoms with E-state index >= 15 is 0 Å². The normalized spacial score (nSPS) is 9.95. The zero-order chi connectivity index (χ0) is 13.8. The SMILES string of the molecule is Cc1cccc(C(=O)Nc2cc(C(=O)O)ccn2)n1. The largest absolute Gasteiger partial charge is 0.478 e. The molecule has 0 saturated carbocycles. The van der Waals surface area contributed by atoms with Gasteiger partial charge in [-0.05, 0) is 31.2 Å². The first-order chi connectivity index (χ1) is 9.06. The Morgan fingerprint density at radius 1 is 1.26 bits per heavy atom. The summed E-state index contributed by atoms with van der Waals surface area (Å²) in [5.74, 6) is -1.33. The Kier molecular flexibility index (Phi) is 3.51. The number of anilines is 1. The van der Waals surface area contributed by atoms with Crippen molar-refractivity contribution in [2.75, 3.05) is 5.32 Å². The van der Waals surface area contributed by atoms with Crippen LogP contribution >= 0.6 is 0 Å². The van der Waals surface area contributed by atoms with Crippen molar-refractivity contribution in [3.05, 3.63) is 53.5 Å². The summed E-state index contributed by atoms with van der Waals surface area (Å²) in [4.78, 5) is 30.6. The molecule has 0 aliphatic heterocycles. The smallest absolute Gasteiger partial charge is 0.335 e. The van der Waals surface area contributed by atoms with Crippen LogP contribution in [-0.4, -0.2) is 27.0 Å². The molecular formula is C13H11N3O3. The first-order valence-electron chi connectivity index (χ1n) is 5.50. The number of nitrogens with one attached hydrogen (secondary N) is 1. The second kappa shape index (κ2) is 5.26. The van der Waals surface area contributed by atoms with Crippen molar-refractivity contribution in [3.8, 4) is 0 Å². The van der Waals surface area contributed by atoms with E-state index < -0.39 is 11.9 Å². The summed E-state index contributed by atoms with van der Waals surface area (Å²) in [5, 5.41) is 11.3. The molecule has 6 heteroatoms. The van der Waals surface area contributed by atoms with E-state index in [1.54, 1.807) is 25.1 Å². The van der Waals surface area contributed by atoms with Crippen LogP contribution in [0.5, 0.6) is 0 Å². The van der Waals surface area contributed by atoms with Crippen LogP contribution in [0, 0.1) is 6.92 Å². The molecule has 2 heterocycles. The first kappa shape index (κ1) is 12.7. The van der Waals surface area contributed by atoms with Gasteiger partial charge in [0.25, 0.3) is 5.91 Å². The van der Waals surface area contributed by atoms with E-state index in [9.17, 15) is 9.59 Å². The van der Waals surface area contributed by atoms with Crippen LogP contribution in [0.1, 0.15) is 26.5 Å². The Bertz CT molecular complexity index is 641. The lowest BCUT2D eigenvalue weighted by atomic mass is 10.2. The van der Waals surface area contributed by atoms with Gasteiger partial charge in [0.2, 0.25) is 0 Å². The second-order valence-corrected chi connectivity index (χ2v) is 3.85. The van der Waals surface area contributed by atoms with Gasteiger partial charge in [0.1, 0.15) is 11.5 Å². The molecule has 2 rings (SSSR count). The number of carbonyl (C=O) groups excluding carboxylic acids is 1. The Hall–Kier alpha value is -2.76. The van der Waals surface area contributed by atoms with E-state index in [-0.39, 0.29) is 17.1 Å². The van der Waals surface area contributed by atoms with Gasteiger partial charge < -0.3 is 10.4 Å². The van der Waals surface area contributed by atoms with Crippen LogP contribution in [0.25, 0.3) is 0 Å². The molecule has 2 N–H and O–H groups in total. The number of aromatic carboxylic acids is 1. The zero-order valence-corrected chi connectivity index (χ0v) is 10.1. The summed E-state index contributed by atoms with van der Waals surface area (Å²) < 4.78 is 0. The van der Waals surface area contributed by atoms with Crippen molar-refractivity contribution in [3.63, 3.8) is 0 Å². The van der Waals surface area contributed by atoms with E-state index in [2.05, 4.69) is 15.3 Å². The molecule has 6 nitrogen and oxygen atoms in total. The predicted molar refractivity (Wildman–Crippen MR) is 68.1 cm³/mol. The van der Waals surface area contributed by atoms with Gasteiger partial charge in [-0.1, -0.05) is 6.07 Å². The third-order valence-electron chi connectivity index (χ3n) is 2.37. The fourth-order valence-corrected chi connectivity index (χ4v) is 1.48. The third-order valence-corrected chi connectivity index (χ3v) is 2.37. The summed E-state index contributed by atoms with van der Waals surface area (Å²) in [5.41, 5.74) is 1.03. The van der Waals surface area contributed by atoms with Crippen LogP contribution in [0.15, 0.2) is 36.5 Å². The number of rotatable bonds is 3. The molecule has 0 saturated heterocycles. The average molecular weight is 257 g/mol. The van der Waals surface area contributed by atoms with Gasteiger partial charge in [-0.3, -0.25) is 4.79 Å². The molecule has 0 unspecified atom stereocenters. The Morgan fingerprint density at radius 2 is 2.05 bits per heavy atom. The molecule has 19 heavy (non-hydrogen) atoms. The number of amides is 1. The van der Waals surface area contributed by atoms with Crippen molar-refractivity contribution in [1.82, 2.24) is 9.97 Å². The topological polar surface area (TPSA) is 92.2 Å². The van der Waals surface area contributed by atoms with Crippen molar-refractivity contribution in [1.29, 1.82) is 0 Å². The van der Waals surface area contributed by atoms with Crippen LogP contribution in [-0.2, 0) is 0 Å². The van der Waals surface area contributed by atoms with E-state index in [0.717, 1.165) is 5.69 Å². The van der Waals surface area contributed by atoms with Gasteiger partial charge in [-0.25, -0.2) is 14.8 Å². The monoisotopic (exact) mass is 257 g/mol. The minimum absolute atomic E-state index is 0.0579. The predicted octanol–water partition coefficient (Wildman–Crippen LogP) is 1.74. The van der Waals surface area contributed by atoms with Crippen molar-refractivity contribution < 1.29 is 14.7 Å². The molecule has 96 valence electrons. The Morgan fingerprint density at radius 3 is 2.74 bits per heavy atom. The fourth-order valence-electron chi connectivity index (χ4n) is 1.48. The highest BCUT2D eigenvalue weighted by Crippen LogP contribution is 2.08. The van der Waals surface area contributed by atoms with Crippen molar-refractivity contribution in [2.45, 2.75) is 6.92 Å².